The molecular weight excluding hydrogens is 234 g/mol. The summed E-state index contributed by atoms with van der Waals surface area (Å²) in [6.45, 7) is 0.278. The van der Waals surface area contributed by atoms with E-state index in [9.17, 15) is 4.79 Å². The molecule has 0 spiro atoms. The van der Waals surface area contributed by atoms with Crippen molar-refractivity contribution in [3.05, 3.63) is 24.3 Å². The monoisotopic (exact) mass is 251 g/mol. The molecule has 0 aliphatic heterocycles. The lowest BCUT2D eigenvalue weighted by Gasteiger charge is -2.09. The maximum Gasteiger partial charge on any atom is 0.307 e. The van der Waals surface area contributed by atoms with Crippen LogP contribution in [0.2, 0.25) is 0 Å². The third kappa shape index (κ3) is 4.32. The highest BCUT2D eigenvalue weighted by atomic mass is 16.5. The standard InChI is InChI=1S/C12H17N3O3/c1-17-10-6-4-3-5-9(10)15-12(13)14-8-7-11(16)18-2/h3-6H,7-8H2,1-2H3,(H3,13,14,15). The van der Waals surface area contributed by atoms with Crippen LogP contribution in [0, 0.1) is 0 Å². The van der Waals surface area contributed by atoms with E-state index < -0.39 is 0 Å². The Balaban J connectivity index is 2.55. The Morgan fingerprint density at radius 3 is 2.78 bits per heavy atom. The lowest BCUT2D eigenvalue weighted by molar-refractivity contribution is -0.140. The van der Waals surface area contributed by atoms with Gasteiger partial charge in [0, 0.05) is 0 Å². The number of ether oxygens (including phenoxy) is 2. The van der Waals surface area contributed by atoms with Crippen LogP contribution in [0.25, 0.3) is 0 Å². The molecular formula is C12H17N3O3. The lowest BCUT2D eigenvalue weighted by Crippen LogP contribution is -2.23. The van der Waals surface area contributed by atoms with Gasteiger partial charge in [0.1, 0.15) is 5.75 Å². The van der Waals surface area contributed by atoms with Crippen LogP contribution in [0.4, 0.5) is 5.69 Å². The fourth-order valence-electron chi connectivity index (χ4n) is 1.30. The average Bonchev–Trinajstić information content (AvgIpc) is 2.39. The summed E-state index contributed by atoms with van der Waals surface area (Å²) in [5, 5.41) is 2.90. The van der Waals surface area contributed by atoms with Crippen LogP contribution < -0.4 is 15.8 Å². The molecule has 0 radical (unpaired) electrons. The van der Waals surface area contributed by atoms with Crippen molar-refractivity contribution in [1.29, 1.82) is 0 Å². The van der Waals surface area contributed by atoms with Gasteiger partial charge < -0.3 is 20.5 Å². The lowest BCUT2D eigenvalue weighted by atomic mass is 10.3. The van der Waals surface area contributed by atoms with Gasteiger partial charge in [-0.3, -0.25) is 9.79 Å². The van der Waals surface area contributed by atoms with Crippen molar-refractivity contribution < 1.29 is 14.3 Å². The largest absolute Gasteiger partial charge is 0.495 e. The normalized spacial score (nSPS) is 10.9. The van der Waals surface area contributed by atoms with E-state index in [1.807, 2.05) is 24.3 Å². The van der Waals surface area contributed by atoms with Crippen LogP contribution in [0.5, 0.6) is 5.75 Å². The van der Waals surface area contributed by atoms with Crippen molar-refractivity contribution in [2.45, 2.75) is 6.42 Å². The minimum Gasteiger partial charge on any atom is -0.495 e. The molecule has 6 nitrogen and oxygen atoms in total. The molecule has 0 aliphatic carbocycles. The third-order valence-corrected chi connectivity index (χ3v) is 2.20. The highest BCUT2D eigenvalue weighted by Gasteiger charge is 2.03. The number of hydrogen-bond donors (Lipinski definition) is 2. The molecule has 0 aromatic heterocycles. The van der Waals surface area contributed by atoms with Crippen LogP contribution in [0.1, 0.15) is 6.42 Å². The maximum absolute atomic E-state index is 10.9. The van der Waals surface area contributed by atoms with Crippen LogP contribution in [0.15, 0.2) is 29.3 Å². The molecule has 0 fully saturated rings. The van der Waals surface area contributed by atoms with Gasteiger partial charge in [-0.05, 0) is 12.1 Å². The number of para-hydroxylation sites is 2. The number of rotatable bonds is 5. The Labute approximate surface area is 106 Å². The summed E-state index contributed by atoms with van der Waals surface area (Å²) in [6, 6.07) is 7.34. The number of carbonyl (C=O) groups excluding carboxylic acids is 1. The van der Waals surface area contributed by atoms with Crippen LogP contribution in [-0.4, -0.2) is 32.7 Å². The topological polar surface area (TPSA) is 85.9 Å². The Kier molecular flexibility index (Phi) is 5.50. The second kappa shape index (κ2) is 7.16. The third-order valence-electron chi connectivity index (χ3n) is 2.20. The number of esters is 1. The van der Waals surface area contributed by atoms with Gasteiger partial charge in [-0.25, -0.2) is 0 Å². The summed E-state index contributed by atoms with van der Waals surface area (Å²) >= 11 is 0. The molecule has 0 saturated carbocycles. The van der Waals surface area contributed by atoms with E-state index in [2.05, 4.69) is 15.0 Å². The zero-order valence-electron chi connectivity index (χ0n) is 10.5. The molecule has 0 saturated heterocycles. The summed E-state index contributed by atoms with van der Waals surface area (Å²) < 4.78 is 9.66. The van der Waals surface area contributed by atoms with Crippen molar-refractivity contribution in [2.75, 3.05) is 26.1 Å². The van der Waals surface area contributed by atoms with Gasteiger partial charge in [0.2, 0.25) is 0 Å². The zero-order chi connectivity index (χ0) is 13.4. The molecule has 98 valence electrons. The summed E-state index contributed by atoms with van der Waals surface area (Å²) in [4.78, 5) is 14.9. The van der Waals surface area contributed by atoms with Crippen molar-refractivity contribution in [1.82, 2.24) is 0 Å². The van der Waals surface area contributed by atoms with Crippen molar-refractivity contribution in [2.24, 2.45) is 10.7 Å². The molecule has 1 aromatic carbocycles. The number of anilines is 1. The first-order valence-corrected chi connectivity index (χ1v) is 5.44. The number of aliphatic imine (C=N–C) groups is 1. The molecule has 0 unspecified atom stereocenters. The molecule has 3 N–H and O–H groups in total. The van der Waals surface area contributed by atoms with E-state index in [0.717, 1.165) is 5.69 Å². The highest BCUT2D eigenvalue weighted by Crippen LogP contribution is 2.22. The van der Waals surface area contributed by atoms with E-state index in [-0.39, 0.29) is 24.9 Å². The van der Waals surface area contributed by atoms with Gasteiger partial charge in [-0.15, -0.1) is 0 Å². The second-order valence-corrected chi connectivity index (χ2v) is 3.42. The maximum atomic E-state index is 10.9. The number of hydrogen-bond acceptors (Lipinski definition) is 4. The number of carbonyl (C=O) groups is 1. The predicted molar refractivity (Wildman–Crippen MR) is 69.7 cm³/mol. The van der Waals surface area contributed by atoms with Crippen LogP contribution >= 0.6 is 0 Å². The van der Waals surface area contributed by atoms with Crippen LogP contribution in [-0.2, 0) is 9.53 Å². The van der Waals surface area contributed by atoms with E-state index in [1.165, 1.54) is 7.11 Å². The van der Waals surface area contributed by atoms with E-state index in [0.29, 0.717) is 5.75 Å². The van der Waals surface area contributed by atoms with Crippen molar-refractivity contribution in [3.63, 3.8) is 0 Å². The molecule has 0 aliphatic rings. The smallest absolute Gasteiger partial charge is 0.307 e. The number of methoxy groups -OCH3 is 2. The SMILES string of the molecule is COC(=O)CCN=C(N)Nc1ccccc1OC. The number of nitrogens with zero attached hydrogens (tertiary/aromatic N) is 1. The first-order valence-electron chi connectivity index (χ1n) is 5.44. The molecule has 1 aromatic rings. The van der Waals surface area contributed by atoms with Gasteiger partial charge in [-0.2, -0.15) is 0 Å². The Hall–Kier alpha value is -2.24. The first-order chi connectivity index (χ1) is 8.67. The quantitative estimate of drug-likeness (QED) is 0.463. The molecule has 18 heavy (non-hydrogen) atoms. The van der Waals surface area contributed by atoms with E-state index in [4.69, 9.17) is 10.5 Å². The van der Waals surface area contributed by atoms with Crippen molar-refractivity contribution >= 4 is 17.6 Å². The summed E-state index contributed by atoms with van der Waals surface area (Å²) in [6.07, 6.45) is 0.199. The number of nitrogens with two attached hydrogens (primary N) is 1. The van der Waals surface area contributed by atoms with E-state index >= 15 is 0 Å². The van der Waals surface area contributed by atoms with Gasteiger partial charge in [-0.1, -0.05) is 12.1 Å². The summed E-state index contributed by atoms with van der Waals surface area (Å²) in [5.41, 5.74) is 6.41. The summed E-state index contributed by atoms with van der Waals surface area (Å²) in [5.74, 6) is 0.580. The zero-order valence-corrected chi connectivity index (χ0v) is 10.5. The summed E-state index contributed by atoms with van der Waals surface area (Å²) in [7, 11) is 2.91. The highest BCUT2D eigenvalue weighted by molar-refractivity contribution is 5.93. The Bertz CT molecular complexity index is 432. The first kappa shape index (κ1) is 13.8. The molecule has 6 heteroatoms. The van der Waals surface area contributed by atoms with Gasteiger partial charge in [0.25, 0.3) is 0 Å². The average molecular weight is 251 g/mol. The Morgan fingerprint density at radius 1 is 1.39 bits per heavy atom. The van der Waals surface area contributed by atoms with Crippen molar-refractivity contribution in [3.8, 4) is 5.75 Å². The van der Waals surface area contributed by atoms with Gasteiger partial charge in [0.05, 0.1) is 32.9 Å². The number of nitrogens with one attached hydrogen (secondary N) is 1. The minimum absolute atomic E-state index is 0.199. The molecule has 0 atom stereocenters. The van der Waals surface area contributed by atoms with Crippen LogP contribution in [0.3, 0.4) is 0 Å². The fourth-order valence-corrected chi connectivity index (χ4v) is 1.30. The molecule has 0 heterocycles. The molecule has 0 amide bonds. The number of guanidine groups is 1. The Morgan fingerprint density at radius 2 is 2.11 bits per heavy atom. The number of benzene rings is 1. The molecule has 0 bridgehead atoms. The fraction of sp³-hybridized carbons (Fsp3) is 0.333. The predicted octanol–water partition coefficient (Wildman–Crippen LogP) is 0.985. The van der Waals surface area contributed by atoms with Gasteiger partial charge in [0.15, 0.2) is 5.96 Å². The van der Waals surface area contributed by atoms with E-state index in [1.54, 1.807) is 7.11 Å². The second-order valence-electron chi connectivity index (χ2n) is 3.42. The minimum atomic E-state index is -0.316. The van der Waals surface area contributed by atoms with Gasteiger partial charge >= 0.3 is 5.97 Å². The molecule has 1 rings (SSSR count).